The third kappa shape index (κ3) is 3.91. The topological polar surface area (TPSA) is 73.9 Å². The summed E-state index contributed by atoms with van der Waals surface area (Å²) in [7, 11) is 0. The van der Waals surface area contributed by atoms with Gasteiger partial charge in [0, 0.05) is 10.1 Å². The van der Waals surface area contributed by atoms with Crippen LogP contribution in [0.3, 0.4) is 0 Å². The Balaban J connectivity index is 1.26. The highest BCUT2D eigenvalue weighted by molar-refractivity contribution is 7.20. The molecule has 144 valence electrons. The second-order valence-electron chi connectivity index (χ2n) is 6.14. The van der Waals surface area contributed by atoms with E-state index in [0.717, 1.165) is 11.3 Å². The predicted octanol–water partition coefficient (Wildman–Crippen LogP) is 3.15. The molecule has 0 radical (unpaired) electrons. The highest BCUT2D eigenvalue weighted by Gasteiger charge is 2.21. The van der Waals surface area contributed by atoms with E-state index in [1.54, 1.807) is 18.2 Å². The zero-order valence-electron chi connectivity index (χ0n) is 14.6. The van der Waals surface area contributed by atoms with Crippen molar-refractivity contribution in [3.8, 4) is 11.5 Å². The molecule has 1 N–H and O–H groups in total. The summed E-state index contributed by atoms with van der Waals surface area (Å²) in [5.41, 5.74) is 0. The molecular weight excluding hydrogens is 385 g/mol. The van der Waals surface area contributed by atoms with Gasteiger partial charge in [0.05, 0.1) is 6.54 Å². The number of ether oxygens (including phenoxy) is 3. The summed E-state index contributed by atoms with van der Waals surface area (Å²) >= 11 is 1.12. The Labute approximate surface area is 163 Å². The number of para-hydroxylation sites is 2. The van der Waals surface area contributed by atoms with Crippen molar-refractivity contribution in [2.75, 3.05) is 19.8 Å². The molecule has 0 spiro atoms. The number of benzene rings is 2. The number of hydrogen-bond acceptors (Lipinski definition) is 6. The molecule has 0 saturated carbocycles. The van der Waals surface area contributed by atoms with E-state index in [9.17, 15) is 14.0 Å². The van der Waals surface area contributed by atoms with Gasteiger partial charge in [-0.1, -0.05) is 18.2 Å². The van der Waals surface area contributed by atoms with Crippen molar-refractivity contribution in [2.45, 2.75) is 6.10 Å². The number of rotatable bonds is 5. The fourth-order valence-corrected chi connectivity index (χ4v) is 3.74. The van der Waals surface area contributed by atoms with Gasteiger partial charge in [-0.15, -0.1) is 11.3 Å². The first-order chi connectivity index (χ1) is 13.6. The van der Waals surface area contributed by atoms with Crippen LogP contribution in [-0.4, -0.2) is 37.7 Å². The van der Waals surface area contributed by atoms with Gasteiger partial charge < -0.3 is 19.5 Å². The minimum Gasteiger partial charge on any atom is -0.486 e. The van der Waals surface area contributed by atoms with Gasteiger partial charge in [-0.3, -0.25) is 4.79 Å². The lowest BCUT2D eigenvalue weighted by Crippen LogP contribution is -2.42. The van der Waals surface area contributed by atoms with E-state index in [1.165, 1.54) is 12.1 Å². The quantitative estimate of drug-likeness (QED) is 0.665. The smallest absolute Gasteiger partial charge is 0.348 e. The van der Waals surface area contributed by atoms with Gasteiger partial charge in [-0.2, -0.15) is 0 Å². The molecule has 0 fully saturated rings. The predicted molar refractivity (Wildman–Crippen MR) is 101 cm³/mol. The fourth-order valence-electron chi connectivity index (χ4n) is 2.77. The van der Waals surface area contributed by atoms with Crippen LogP contribution in [0.15, 0.2) is 48.5 Å². The van der Waals surface area contributed by atoms with Crippen LogP contribution in [0.25, 0.3) is 10.1 Å². The van der Waals surface area contributed by atoms with Gasteiger partial charge in [0.2, 0.25) is 0 Å². The molecule has 0 unspecified atom stereocenters. The van der Waals surface area contributed by atoms with Crippen molar-refractivity contribution in [3.05, 3.63) is 59.2 Å². The normalized spacial score (nSPS) is 15.2. The number of nitrogens with one attached hydrogen (secondary N) is 1. The first-order valence-corrected chi connectivity index (χ1v) is 9.42. The number of esters is 1. The third-order valence-electron chi connectivity index (χ3n) is 4.14. The Morgan fingerprint density at radius 3 is 2.82 bits per heavy atom. The maximum atomic E-state index is 13.7. The molecule has 28 heavy (non-hydrogen) atoms. The minimum absolute atomic E-state index is 0.221. The van der Waals surface area contributed by atoms with E-state index >= 15 is 0 Å². The maximum absolute atomic E-state index is 13.7. The lowest BCUT2D eigenvalue weighted by Gasteiger charge is -2.26. The summed E-state index contributed by atoms with van der Waals surface area (Å²) in [5.74, 6) is -0.234. The molecule has 3 aromatic rings. The van der Waals surface area contributed by atoms with Gasteiger partial charge in [0.15, 0.2) is 18.1 Å². The van der Waals surface area contributed by atoms with Crippen LogP contribution >= 0.6 is 11.3 Å². The molecule has 1 atom stereocenters. The number of amides is 1. The van der Waals surface area contributed by atoms with Gasteiger partial charge in [-0.05, 0) is 30.3 Å². The summed E-state index contributed by atoms with van der Waals surface area (Å²) in [5, 5.41) is 3.01. The van der Waals surface area contributed by atoms with Crippen molar-refractivity contribution in [1.82, 2.24) is 5.32 Å². The van der Waals surface area contributed by atoms with E-state index in [1.807, 2.05) is 18.2 Å². The molecule has 1 aromatic heterocycles. The molecule has 1 amide bonds. The van der Waals surface area contributed by atoms with Gasteiger partial charge in [-0.25, -0.2) is 9.18 Å². The number of thiophene rings is 1. The summed E-state index contributed by atoms with van der Waals surface area (Å²) in [4.78, 5) is 24.3. The molecule has 6 nitrogen and oxygen atoms in total. The molecule has 0 bridgehead atoms. The van der Waals surface area contributed by atoms with Crippen molar-refractivity contribution < 1.29 is 28.2 Å². The maximum Gasteiger partial charge on any atom is 0.348 e. The number of carbonyl (C=O) groups excluding carboxylic acids is 2. The van der Waals surface area contributed by atoms with Crippen LogP contribution in [0.1, 0.15) is 9.67 Å². The molecule has 2 aromatic carbocycles. The SMILES string of the molecule is O=C(COC(=O)c1cc2c(F)cccc2s1)NC[C@H]1COc2ccccc2O1. The molecule has 1 aliphatic rings. The van der Waals surface area contributed by atoms with Crippen LogP contribution in [-0.2, 0) is 9.53 Å². The van der Waals surface area contributed by atoms with Crippen LogP contribution in [0.5, 0.6) is 11.5 Å². The average Bonchev–Trinajstić information content (AvgIpc) is 3.16. The van der Waals surface area contributed by atoms with Crippen LogP contribution in [0.4, 0.5) is 4.39 Å². The van der Waals surface area contributed by atoms with E-state index in [0.29, 0.717) is 28.2 Å². The Bertz CT molecular complexity index is 1030. The first kappa shape index (κ1) is 18.2. The van der Waals surface area contributed by atoms with Crippen molar-refractivity contribution in [3.63, 3.8) is 0 Å². The zero-order chi connectivity index (χ0) is 19.5. The van der Waals surface area contributed by atoms with Crippen molar-refractivity contribution >= 4 is 33.3 Å². The lowest BCUT2D eigenvalue weighted by molar-refractivity contribution is -0.124. The van der Waals surface area contributed by atoms with Crippen molar-refractivity contribution in [1.29, 1.82) is 0 Å². The largest absolute Gasteiger partial charge is 0.486 e. The summed E-state index contributed by atoms with van der Waals surface area (Å²) in [6.45, 7) is 0.100. The second kappa shape index (κ2) is 7.85. The molecule has 2 heterocycles. The number of hydrogen-bond donors (Lipinski definition) is 1. The highest BCUT2D eigenvalue weighted by atomic mass is 32.1. The van der Waals surface area contributed by atoms with Crippen molar-refractivity contribution in [2.24, 2.45) is 0 Å². The molecule has 0 saturated heterocycles. The Morgan fingerprint density at radius 1 is 1.18 bits per heavy atom. The molecule has 8 heteroatoms. The van der Waals surface area contributed by atoms with E-state index in [2.05, 4.69) is 5.32 Å². The monoisotopic (exact) mass is 401 g/mol. The van der Waals surface area contributed by atoms with Gasteiger partial charge in [0.1, 0.15) is 23.4 Å². The molecule has 4 rings (SSSR count). The fraction of sp³-hybridized carbons (Fsp3) is 0.200. The summed E-state index contributed by atoms with van der Waals surface area (Å²) in [6.07, 6.45) is -0.333. The average molecular weight is 401 g/mol. The zero-order valence-corrected chi connectivity index (χ0v) is 15.5. The van der Waals surface area contributed by atoms with E-state index < -0.39 is 24.3 Å². The van der Waals surface area contributed by atoms with E-state index in [4.69, 9.17) is 14.2 Å². The van der Waals surface area contributed by atoms with Gasteiger partial charge >= 0.3 is 5.97 Å². The highest BCUT2D eigenvalue weighted by Crippen LogP contribution is 2.30. The van der Waals surface area contributed by atoms with Crippen LogP contribution < -0.4 is 14.8 Å². The number of halogens is 1. The standard InChI is InChI=1S/C20H16FNO5S/c21-14-4-3-7-17-13(14)8-18(28-17)20(24)26-11-19(23)22-9-12-10-25-15-5-1-2-6-16(15)27-12/h1-8,12H,9-11H2,(H,22,23)/t12-/m0/s1. The van der Waals surface area contributed by atoms with E-state index in [-0.39, 0.29) is 17.5 Å². The Hall–Kier alpha value is -3.13. The summed E-state index contributed by atoms with van der Waals surface area (Å²) < 4.78 is 30.7. The van der Waals surface area contributed by atoms with Crippen LogP contribution in [0.2, 0.25) is 0 Å². The minimum atomic E-state index is -0.665. The molecule has 0 aliphatic carbocycles. The first-order valence-electron chi connectivity index (χ1n) is 8.60. The second-order valence-corrected chi connectivity index (χ2v) is 7.22. The van der Waals surface area contributed by atoms with Crippen LogP contribution in [0, 0.1) is 5.82 Å². The number of carbonyl (C=O) groups is 2. The lowest BCUT2D eigenvalue weighted by atomic mass is 10.2. The summed E-state index contributed by atoms with van der Waals surface area (Å²) in [6, 6.07) is 13.3. The molecular formula is C20H16FNO5S. The third-order valence-corrected chi connectivity index (χ3v) is 5.22. The molecule has 1 aliphatic heterocycles. The Morgan fingerprint density at radius 2 is 2.00 bits per heavy atom. The Kier molecular flexibility index (Phi) is 5.12. The number of fused-ring (bicyclic) bond motifs is 2. The van der Waals surface area contributed by atoms with Gasteiger partial charge in [0.25, 0.3) is 5.91 Å².